The minimum absolute atomic E-state index is 0.0688. The Morgan fingerprint density at radius 1 is 1.12 bits per heavy atom. The van der Waals surface area contributed by atoms with Crippen LogP contribution < -0.4 is 14.9 Å². The Labute approximate surface area is 200 Å². The lowest BCUT2D eigenvalue weighted by molar-refractivity contribution is -0.123. The predicted octanol–water partition coefficient (Wildman–Crippen LogP) is 5.35. The summed E-state index contributed by atoms with van der Waals surface area (Å²) in [4.78, 5) is 24.9. The number of ether oxygens (including phenoxy) is 2. The zero-order chi connectivity index (χ0) is 23.4. The second kappa shape index (κ2) is 10.1. The number of nitrogens with one attached hydrogen (secondary N) is 1. The monoisotopic (exact) mass is 486 g/mol. The quantitative estimate of drug-likeness (QED) is 0.288. The van der Waals surface area contributed by atoms with Crippen molar-refractivity contribution in [1.82, 2.24) is 5.43 Å². The van der Waals surface area contributed by atoms with E-state index in [4.69, 9.17) is 37.1 Å². The standard InChI is InChI=1S/C24H20Cl2N2O5/c1-14-22-18(27-28-21(29)13-31-16-6-3-2-4-7-16)8-5-9-20(22)32-23(14)24(30)33-19-11-10-15(25)12-17(19)26/h2-4,6-7,10-12H,5,8-9,13H2,1H3,(H,28,29)/b27-18+. The summed E-state index contributed by atoms with van der Waals surface area (Å²) in [6.45, 7) is 1.58. The van der Waals surface area contributed by atoms with Crippen molar-refractivity contribution < 1.29 is 23.5 Å². The molecule has 0 aliphatic heterocycles. The molecule has 1 aliphatic carbocycles. The largest absolute Gasteiger partial charge is 0.484 e. The van der Waals surface area contributed by atoms with Gasteiger partial charge in [0, 0.05) is 22.6 Å². The molecule has 0 bridgehead atoms. The number of furan rings is 1. The van der Waals surface area contributed by atoms with E-state index in [0.717, 1.165) is 6.42 Å². The Bertz CT molecular complexity index is 1220. The zero-order valence-electron chi connectivity index (χ0n) is 17.7. The first-order valence-electron chi connectivity index (χ1n) is 10.3. The number of hydrogen-bond acceptors (Lipinski definition) is 6. The number of para-hydroxylation sites is 1. The molecular weight excluding hydrogens is 467 g/mol. The SMILES string of the molecule is Cc1c(C(=O)Oc2ccc(Cl)cc2Cl)oc2c1/C(=N/NC(=O)COc1ccccc1)CCC2. The molecule has 0 unspecified atom stereocenters. The normalized spacial score (nSPS) is 14.0. The van der Waals surface area contributed by atoms with Crippen molar-refractivity contribution in [2.24, 2.45) is 5.10 Å². The van der Waals surface area contributed by atoms with Crippen LogP contribution in [-0.2, 0) is 11.2 Å². The second-order valence-corrected chi connectivity index (χ2v) is 8.21. The summed E-state index contributed by atoms with van der Waals surface area (Å²) in [5, 5.41) is 4.91. The molecule has 1 N–H and O–H groups in total. The van der Waals surface area contributed by atoms with Gasteiger partial charge in [-0.05, 0) is 50.1 Å². The van der Waals surface area contributed by atoms with Crippen LogP contribution in [0, 0.1) is 6.92 Å². The summed E-state index contributed by atoms with van der Waals surface area (Å²) in [5.74, 6) is 0.400. The first-order chi connectivity index (χ1) is 15.9. The number of halogens is 2. The molecule has 1 aromatic heterocycles. The van der Waals surface area contributed by atoms with Crippen LogP contribution in [0.15, 0.2) is 58.0 Å². The van der Waals surface area contributed by atoms with Crippen molar-refractivity contribution in [3.63, 3.8) is 0 Å². The van der Waals surface area contributed by atoms with Crippen LogP contribution in [0.4, 0.5) is 0 Å². The van der Waals surface area contributed by atoms with Crippen LogP contribution in [0.2, 0.25) is 10.0 Å². The number of benzene rings is 2. The zero-order valence-corrected chi connectivity index (χ0v) is 19.2. The topological polar surface area (TPSA) is 90.1 Å². The first kappa shape index (κ1) is 22.9. The van der Waals surface area contributed by atoms with E-state index in [1.54, 1.807) is 25.1 Å². The van der Waals surface area contributed by atoms with E-state index >= 15 is 0 Å². The van der Waals surface area contributed by atoms with Gasteiger partial charge in [-0.15, -0.1) is 0 Å². The Balaban J connectivity index is 1.47. The fourth-order valence-electron chi connectivity index (χ4n) is 3.51. The van der Waals surface area contributed by atoms with E-state index in [1.807, 2.05) is 18.2 Å². The van der Waals surface area contributed by atoms with Crippen LogP contribution in [-0.4, -0.2) is 24.2 Å². The van der Waals surface area contributed by atoms with Crippen molar-refractivity contribution in [3.05, 3.63) is 81.2 Å². The molecule has 0 radical (unpaired) electrons. The van der Waals surface area contributed by atoms with Gasteiger partial charge in [0.1, 0.15) is 17.3 Å². The molecule has 2 aromatic carbocycles. The third kappa shape index (κ3) is 5.38. The third-order valence-electron chi connectivity index (χ3n) is 5.04. The van der Waals surface area contributed by atoms with Crippen LogP contribution >= 0.6 is 23.2 Å². The van der Waals surface area contributed by atoms with Crippen LogP contribution in [0.5, 0.6) is 11.5 Å². The molecule has 0 atom stereocenters. The van der Waals surface area contributed by atoms with Gasteiger partial charge in [0.05, 0.1) is 10.7 Å². The van der Waals surface area contributed by atoms with Gasteiger partial charge >= 0.3 is 5.97 Å². The number of esters is 1. The Kier molecular flexibility index (Phi) is 7.01. The average molecular weight is 487 g/mol. The van der Waals surface area contributed by atoms with E-state index < -0.39 is 11.9 Å². The van der Waals surface area contributed by atoms with E-state index in [0.29, 0.717) is 46.2 Å². The lowest BCUT2D eigenvalue weighted by atomic mass is 9.93. The molecule has 4 rings (SSSR count). The molecule has 0 fully saturated rings. The highest BCUT2D eigenvalue weighted by Crippen LogP contribution is 2.32. The van der Waals surface area contributed by atoms with Gasteiger partial charge in [-0.25, -0.2) is 10.2 Å². The summed E-state index contributed by atoms with van der Waals surface area (Å²) >= 11 is 12.0. The lowest BCUT2D eigenvalue weighted by Crippen LogP contribution is -2.27. The molecule has 0 saturated heterocycles. The van der Waals surface area contributed by atoms with Crippen molar-refractivity contribution in [3.8, 4) is 11.5 Å². The number of hydrazone groups is 1. The number of rotatable bonds is 6. The maximum atomic E-state index is 12.7. The van der Waals surface area contributed by atoms with Gasteiger partial charge in [-0.1, -0.05) is 41.4 Å². The van der Waals surface area contributed by atoms with E-state index in [1.165, 1.54) is 12.1 Å². The molecular formula is C24H20Cl2N2O5. The first-order valence-corrected chi connectivity index (χ1v) is 11.0. The number of fused-ring (bicyclic) bond motifs is 1. The number of carbonyl (C=O) groups excluding carboxylic acids is 2. The molecule has 1 heterocycles. The fourth-order valence-corrected chi connectivity index (χ4v) is 3.95. The molecule has 0 saturated carbocycles. The highest BCUT2D eigenvalue weighted by molar-refractivity contribution is 6.35. The van der Waals surface area contributed by atoms with Crippen LogP contribution in [0.1, 0.15) is 40.3 Å². The summed E-state index contributed by atoms with van der Waals surface area (Å²) < 4.78 is 16.6. The molecule has 33 heavy (non-hydrogen) atoms. The molecule has 0 spiro atoms. The molecule has 1 aliphatic rings. The maximum Gasteiger partial charge on any atom is 0.379 e. The highest BCUT2D eigenvalue weighted by atomic mass is 35.5. The molecule has 9 heteroatoms. The Hall–Kier alpha value is -3.29. The van der Waals surface area contributed by atoms with Crippen molar-refractivity contribution in [2.75, 3.05) is 6.61 Å². The van der Waals surface area contributed by atoms with Crippen molar-refractivity contribution in [1.29, 1.82) is 0 Å². The van der Waals surface area contributed by atoms with E-state index in [2.05, 4.69) is 10.5 Å². The minimum atomic E-state index is -0.675. The predicted molar refractivity (Wildman–Crippen MR) is 124 cm³/mol. The fraction of sp³-hybridized carbons (Fsp3) is 0.208. The van der Waals surface area contributed by atoms with E-state index in [-0.39, 0.29) is 23.1 Å². The van der Waals surface area contributed by atoms with Crippen molar-refractivity contribution >= 4 is 40.8 Å². The van der Waals surface area contributed by atoms with Crippen molar-refractivity contribution in [2.45, 2.75) is 26.2 Å². The maximum absolute atomic E-state index is 12.7. The van der Waals surface area contributed by atoms with E-state index in [9.17, 15) is 9.59 Å². The number of aryl methyl sites for hydroxylation is 1. The number of nitrogens with zero attached hydrogens (tertiary/aromatic N) is 1. The average Bonchev–Trinajstić information content (AvgIpc) is 3.16. The van der Waals surface area contributed by atoms with Gasteiger partial charge in [-0.3, -0.25) is 4.79 Å². The number of carbonyl (C=O) groups is 2. The molecule has 7 nitrogen and oxygen atoms in total. The Morgan fingerprint density at radius 3 is 2.67 bits per heavy atom. The highest BCUT2D eigenvalue weighted by Gasteiger charge is 2.29. The number of amides is 1. The van der Waals surface area contributed by atoms with Gasteiger partial charge in [0.2, 0.25) is 5.76 Å². The Morgan fingerprint density at radius 2 is 1.91 bits per heavy atom. The third-order valence-corrected chi connectivity index (χ3v) is 5.57. The number of hydrogen-bond donors (Lipinski definition) is 1. The molecule has 1 amide bonds. The van der Waals surface area contributed by atoms with Crippen LogP contribution in [0.3, 0.4) is 0 Å². The van der Waals surface area contributed by atoms with Gasteiger partial charge in [0.25, 0.3) is 5.91 Å². The van der Waals surface area contributed by atoms with Gasteiger partial charge < -0.3 is 13.9 Å². The summed E-state index contributed by atoms with van der Waals surface area (Å²) in [6.07, 6.45) is 2.05. The van der Waals surface area contributed by atoms with Gasteiger partial charge in [0.15, 0.2) is 6.61 Å². The van der Waals surface area contributed by atoms with Gasteiger partial charge in [-0.2, -0.15) is 5.10 Å². The summed E-state index contributed by atoms with van der Waals surface area (Å²) in [7, 11) is 0. The summed E-state index contributed by atoms with van der Waals surface area (Å²) in [6, 6.07) is 13.6. The second-order valence-electron chi connectivity index (χ2n) is 7.37. The summed E-state index contributed by atoms with van der Waals surface area (Å²) in [5.41, 5.74) is 4.45. The molecule has 3 aromatic rings. The van der Waals surface area contributed by atoms with Crippen LogP contribution in [0.25, 0.3) is 0 Å². The minimum Gasteiger partial charge on any atom is -0.484 e. The lowest BCUT2D eigenvalue weighted by Gasteiger charge is -2.13. The molecule has 170 valence electrons. The smallest absolute Gasteiger partial charge is 0.379 e.